The number of hydrogen-bond acceptors (Lipinski definition) is 4. The number of nitrogens with zero attached hydrogens (tertiary/aromatic N) is 2. The van der Waals surface area contributed by atoms with Gasteiger partial charge in [0.2, 0.25) is 0 Å². The van der Waals surface area contributed by atoms with Gasteiger partial charge in [-0.1, -0.05) is 40.6 Å². The summed E-state index contributed by atoms with van der Waals surface area (Å²) in [5, 5.41) is 9.72. The molecular weight excluding hydrogens is 180 g/mol. The lowest BCUT2D eigenvalue weighted by molar-refractivity contribution is 0.182. The maximum atomic E-state index is 5.10. The lowest BCUT2D eigenvalue weighted by atomic mass is 10.2. The maximum Gasteiger partial charge on any atom is 0.276 e. The highest BCUT2D eigenvalue weighted by molar-refractivity contribution is 5.14. The van der Waals surface area contributed by atoms with Crippen LogP contribution >= 0.6 is 0 Å². The van der Waals surface area contributed by atoms with Gasteiger partial charge < -0.3 is 4.84 Å². The van der Waals surface area contributed by atoms with Crippen LogP contribution in [0.1, 0.15) is 5.56 Å². The summed E-state index contributed by atoms with van der Waals surface area (Å²) in [6, 6.07) is 9.96. The highest BCUT2D eigenvalue weighted by Gasteiger charge is 1.95. The molecule has 1 aromatic carbocycles. The Kier molecular flexibility index (Phi) is 2.73. The second-order valence-corrected chi connectivity index (χ2v) is 2.72. The Balaban J connectivity index is 1.79. The lowest BCUT2D eigenvalue weighted by Crippen LogP contribution is -2.17. The van der Waals surface area contributed by atoms with E-state index in [2.05, 4.69) is 20.9 Å². The normalized spacial score (nSPS) is 10.0. The Labute approximate surface area is 81.1 Å². The Bertz CT molecular complexity index is 360. The number of aromatic amines is 1. The van der Waals surface area contributed by atoms with Crippen LogP contribution in [0.25, 0.3) is 0 Å². The fourth-order valence-electron chi connectivity index (χ4n) is 1.03. The van der Waals surface area contributed by atoms with Gasteiger partial charge in [0.25, 0.3) is 5.88 Å². The van der Waals surface area contributed by atoms with E-state index in [0.29, 0.717) is 12.4 Å². The summed E-state index contributed by atoms with van der Waals surface area (Å²) in [4.78, 5) is 5.10. The Hall–Kier alpha value is -1.88. The third-order valence-corrected chi connectivity index (χ3v) is 1.69. The third-order valence-electron chi connectivity index (χ3n) is 1.69. The van der Waals surface area contributed by atoms with Crippen LogP contribution in [0, 0.1) is 0 Å². The first-order valence-electron chi connectivity index (χ1n) is 4.25. The zero-order valence-electron chi connectivity index (χ0n) is 7.47. The van der Waals surface area contributed by atoms with E-state index in [4.69, 9.17) is 4.84 Å². The zero-order valence-corrected chi connectivity index (χ0v) is 7.47. The van der Waals surface area contributed by atoms with Gasteiger partial charge in [0.05, 0.1) is 12.7 Å². The minimum atomic E-state index is 0.431. The molecule has 0 fully saturated rings. The van der Waals surface area contributed by atoms with Gasteiger partial charge in [0, 0.05) is 0 Å². The average molecular weight is 190 g/mol. The van der Waals surface area contributed by atoms with E-state index < -0.39 is 0 Å². The molecule has 0 aliphatic carbocycles. The van der Waals surface area contributed by atoms with Crippen LogP contribution < -0.4 is 10.3 Å². The summed E-state index contributed by atoms with van der Waals surface area (Å²) in [5.41, 5.74) is 3.93. The van der Waals surface area contributed by atoms with E-state index in [0.717, 1.165) is 5.56 Å². The molecule has 5 heteroatoms. The number of H-pyrrole nitrogens is 1. The summed E-state index contributed by atoms with van der Waals surface area (Å²) < 4.78 is 0. The second kappa shape index (κ2) is 4.38. The van der Waals surface area contributed by atoms with E-state index in [1.54, 1.807) is 6.20 Å². The minimum absolute atomic E-state index is 0.431. The Morgan fingerprint density at radius 2 is 2.14 bits per heavy atom. The number of hydroxylamine groups is 1. The molecule has 72 valence electrons. The SMILES string of the molecule is c1ccc(CNOc2c[nH]nn2)cc1. The number of nitrogens with one attached hydrogen (secondary N) is 2. The molecule has 2 rings (SSSR count). The largest absolute Gasteiger partial charge is 0.385 e. The van der Waals surface area contributed by atoms with Crippen molar-refractivity contribution in [3.05, 3.63) is 42.1 Å². The van der Waals surface area contributed by atoms with Gasteiger partial charge in [-0.15, -0.1) is 0 Å². The summed E-state index contributed by atoms with van der Waals surface area (Å²) >= 11 is 0. The first-order chi connectivity index (χ1) is 6.95. The third kappa shape index (κ3) is 2.30. The van der Waals surface area contributed by atoms with Crippen molar-refractivity contribution in [2.24, 2.45) is 0 Å². The van der Waals surface area contributed by atoms with Crippen LogP contribution in [0.2, 0.25) is 0 Å². The molecule has 0 bridgehead atoms. The number of aromatic nitrogens is 3. The summed E-state index contributed by atoms with van der Waals surface area (Å²) in [5.74, 6) is 0.431. The van der Waals surface area contributed by atoms with Crippen LogP contribution in [0.5, 0.6) is 5.88 Å². The summed E-state index contributed by atoms with van der Waals surface area (Å²) in [6.45, 7) is 0.633. The van der Waals surface area contributed by atoms with Crippen molar-refractivity contribution in [1.82, 2.24) is 20.9 Å². The summed E-state index contributed by atoms with van der Waals surface area (Å²) in [7, 11) is 0. The summed E-state index contributed by atoms with van der Waals surface area (Å²) in [6.07, 6.45) is 1.57. The fraction of sp³-hybridized carbons (Fsp3) is 0.111. The quantitative estimate of drug-likeness (QED) is 0.703. The number of rotatable bonds is 4. The molecule has 0 atom stereocenters. The van der Waals surface area contributed by atoms with Crippen molar-refractivity contribution in [3.8, 4) is 5.88 Å². The second-order valence-electron chi connectivity index (χ2n) is 2.72. The topological polar surface area (TPSA) is 62.8 Å². The van der Waals surface area contributed by atoms with Gasteiger partial charge in [0.15, 0.2) is 0 Å². The fourth-order valence-corrected chi connectivity index (χ4v) is 1.03. The van der Waals surface area contributed by atoms with E-state index in [1.807, 2.05) is 30.3 Å². The van der Waals surface area contributed by atoms with Crippen LogP contribution in [-0.2, 0) is 6.54 Å². The average Bonchev–Trinajstić information content (AvgIpc) is 2.72. The molecule has 0 radical (unpaired) electrons. The van der Waals surface area contributed by atoms with Gasteiger partial charge in [-0.05, 0) is 5.56 Å². The molecule has 0 aliphatic heterocycles. The molecule has 0 spiro atoms. The zero-order chi connectivity index (χ0) is 9.64. The molecular formula is C9H10N4O. The van der Waals surface area contributed by atoms with E-state index >= 15 is 0 Å². The molecule has 2 aromatic rings. The first-order valence-corrected chi connectivity index (χ1v) is 4.25. The molecule has 0 unspecified atom stereocenters. The molecule has 5 nitrogen and oxygen atoms in total. The first kappa shape index (κ1) is 8.71. The van der Waals surface area contributed by atoms with Crippen molar-refractivity contribution in [2.45, 2.75) is 6.54 Å². The van der Waals surface area contributed by atoms with Gasteiger partial charge >= 0.3 is 0 Å². The molecule has 1 heterocycles. The van der Waals surface area contributed by atoms with Crippen molar-refractivity contribution < 1.29 is 4.84 Å². The minimum Gasteiger partial charge on any atom is -0.385 e. The molecule has 2 N–H and O–H groups in total. The van der Waals surface area contributed by atoms with E-state index in [1.165, 1.54) is 0 Å². The molecule has 0 aliphatic rings. The molecule has 0 saturated heterocycles. The standard InChI is InChI=1S/C9H10N4O/c1-2-4-8(5-3-1)6-11-14-9-7-10-13-12-9/h1-5,7,11H,6H2,(H,10,12,13). The molecule has 1 aromatic heterocycles. The maximum absolute atomic E-state index is 5.10. The lowest BCUT2D eigenvalue weighted by Gasteiger charge is -2.02. The number of hydrogen-bond donors (Lipinski definition) is 2. The van der Waals surface area contributed by atoms with E-state index in [-0.39, 0.29) is 0 Å². The predicted octanol–water partition coefficient (Wildman–Crippen LogP) is 0.888. The molecule has 0 amide bonds. The van der Waals surface area contributed by atoms with Crippen LogP contribution in [0.3, 0.4) is 0 Å². The monoisotopic (exact) mass is 190 g/mol. The highest BCUT2D eigenvalue weighted by atomic mass is 16.7. The van der Waals surface area contributed by atoms with Crippen molar-refractivity contribution in [3.63, 3.8) is 0 Å². The predicted molar refractivity (Wildman–Crippen MR) is 50.3 cm³/mol. The Morgan fingerprint density at radius 1 is 1.29 bits per heavy atom. The molecule has 0 saturated carbocycles. The van der Waals surface area contributed by atoms with Crippen LogP contribution in [0.4, 0.5) is 0 Å². The van der Waals surface area contributed by atoms with Crippen LogP contribution in [0.15, 0.2) is 36.5 Å². The van der Waals surface area contributed by atoms with Crippen LogP contribution in [-0.4, -0.2) is 15.4 Å². The van der Waals surface area contributed by atoms with Gasteiger partial charge in [-0.2, -0.15) is 5.48 Å². The highest BCUT2D eigenvalue weighted by Crippen LogP contribution is 2.00. The van der Waals surface area contributed by atoms with Gasteiger partial charge in [-0.25, -0.2) is 0 Å². The Morgan fingerprint density at radius 3 is 2.86 bits per heavy atom. The van der Waals surface area contributed by atoms with Crippen molar-refractivity contribution in [2.75, 3.05) is 0 Å². The van der Waals surface area contributed by atoms with Crippen molar-refractivity contribution in [1.29, 1.82) is 0 Å². The van der Waals surface area contributed by atoms with E-state index in [9.17, 15) is 0 Å². The smallest absolute Gasteiger partial charge is 0.276 e. The van der Waals surface area contributed by atoms with Gasteiger partial charge in [-0.3, -0.25) is 5.10 Å². The molecule has 14 heavy (non-hydrogen) atoms. The van der Waals surface area contributed by atoms with Gasteiger partial charge in [0.1, 0.15) is 0 Å². The number of benzene rings is 1. The van der Waals surface area contributed by atoms with Crippen molar-refractivity contribution >= 4 is 0 Å².